The highest BCUT2D eigenvalue weighted by molar-refractivity contribution is 9.10. The third-order valence-electron chi connectivity index (χ3n) is 2.48. The van der Waals surface area contributed by atoms with E-state index < -0.39 is 32.6 Å². The molecule has 0 spiro atoms. The molecule has 4 nitrogen and oxygen atoms in total. The van der Waals surface area contributed by atoms with Gasteiger partial charge in [-0.2, -0.15) is 0 Å². The van der Waals surface area contributed by atoms with Gasteiger partial charge in [-0.15, -0.1) is 0 Å². The van der Waals surface area contributed by atoms with Crippen LogP contribution in [0.1, 0.15) is 19.8 Å². The molecule has 1 aromatic rings. The lowest BCUT2D eigenvalue weighted by atomic mass is 10.2. The summed E-state index contributed by atoms with van der Waals surface area (Å²) in [5.74, 6) is -2.00. The topological polar surface area (TPSA) is 72.2 Å². The molecule has 0 bridgehead atoms. The minimum Gasteiger partial charge on any atom is -0.329 e. The third-order valence-corrected chi connectivity index (χ3v) is 4.96. The van der Waals surface area contributed by atoms with Crippen molar-refractivity contribution in [2.45, 2.75) is 30.7 Å². The van der Waals surface area contributed by atoms with Crippen molar-refractivity contribution in [1.29, 1.82) is 0 Å². The minimum absolute atomic E-state index is 0.105. The Morgan fingerprint density at radius 3 is 2.53 bits per heavy atom. The van der Waals surface area contributed by atoms with E-state index in [9.17, 15) is 17.2 Å². The Kier molecular flexibility index (Phi) is 5.84. The molecule has 19 heavy (non-hydrogen) atoms. The lowest BCUT2D eigenvalue weighted by molar-refractivity contribution is 0.513. The summed E-state index contributed by atoms with van der Waals surface area (Å²) in [7, 11) is -4.09. The fraction of sp³-hybridized carbons (Fsp3) is 0.455. The zero-order valence-corrected chi connectivity index (χ0v) is 12.7. The first-order valence-electron chi connectivity index (χ1n) is 5.68. The Hall–Kier alpha value is -0.570. The SMILES string of the molecule is CCCC(CN)NS(=O)(=O)c1c(F)cc(F)cc1Br. The maximum atomic E-state index is 13.6. The number of hydrogen-bond donors (Lipinski definition) is 2. The van der Waals surface area contributed by atoms with Crippen LogP contribution in [0.5, 0.6) is 0 Å². The summed E-state index contributed by atoms with van der Waals surface area (Å²) < 4.78 is 52.9. The van der Waals surface area contributed by atoms with Gasteiger partial charge in [0.25, 0.3) is 0 Å². The lowest BCUT2D eigenvalue weighted by Crippen LogP contribution is -2.40. The Bertz CT molecular complexity index is 529. The van der Waals surface area contributed by atoms with Crippen LogP contribution in [-0.2, 0) is 10.0 Å². The Labute approximate surface area is 119 Å². The number of rotatable bonds is 6. The predicted octanol–water partition coefficient (Wildman–Crippen LogP) is 2.13. The fourth-order valence-electron chi connectivity index (χ4n) is 1.64. The average molecular weight is 357 g/mol. The van der Waals surface area contributed by atoms with Crippen LogP contribution in [0.15, 0.2) is 21.5 Å². The molecule has 0 heterocycles. The van der Waals surface area contributed by atoms with Gasteiger partial charge in [-0.25, -0.2) is 21.9 Å². The van der Waals surface area contributed by atoms with Gasteiger partial charge >= 0.3 is 0 Å². The van der Waals surface area contributed by atoms with E-state index >= 15 is 0 Å². The van der Waals surface area contributed by atoms with Gasteiger partial charge in [-0.1, -0.05) is 13.3 Å². The lowest BCUT2D eigenvalue weighted by Gasteiger charge is -2.17. The molecule has 1 unspecified atom stereocenters. The van der Waals surface area contributed by atoms with E-state index in [-0.39, 0.29) is 11.0 Å². The molecule has 0 amide bonds. The summed E-state index contributed by atoms with van der Waals surface area (Å²) in [5, 5.41) is 0. The molecule has 0 radical (unpaired) electrons. The van der Waals surface area contributed by atoms with E-state index in [0.717, 1.165) is 12.5 Å². The number of nitrogens with two attached hydrogens (primary N) is 1. The fourth-order valence-corrected chi connectivity index (χ4v) is 4.09. The van der Waals surface area contributed by atoms with Crippen LogP contribution in [-0.4, -0.2) is 21.0 Å². The Morgan fingerprint density at radius 1 is 1.42 bits per heavy atom. The maximum absolute atomic E-state index is 13.6. The van der Waals surface area contributed by atoms with Crippen LogP contribution in [0.4, 0.5) is 8.78 Å². The molecule has 0 aliphatic heterocycles. The smallest absolute Gasteiger partial charge is 0.244 e. The van der Waals surface area contributed by atoms with Gasteiger partial charge in [-0.3, -0.25) is 0 Å². The molecule has 1 rings (SSSR count). The predicted molar refractivity (Wildman–Crippen MR) is 72.1 cm³/mol. The second kappa shape index (κ2) is 6.74. The quantitative estimate of drug-likeness (QED) is 0.819. The van der Waals surface area contributed by atoms with Gasteiger partial charge in [0.05, 0.1) is 0 Å². The molecule has 108 valence electrons. The molecule has 8 heteroatoms. The average Bonchev–Trinajstić information content (AvgIpc) is 2.25. The zero-order valence-electron chi connectivity index (χ0n) is 10.3. The van der Waals surface area contributed by atoms with Gasteiger partial charge in [0.1, 0.15) is 16.5 Å². The van der Waals surface area contributed by atoms with Crippen LogP contribution in [0.25, 0.3) is 0 Å². The molecule has 3 N–H and O–H groups in total. The van der Waals surface area contributed by atoms with Crippen molar-refractivity contribution in [2.24, 2.45) is 5.73 Å². The van der Waals surface area contributed by atoms with E-state index in [1.54, 1.807) is 0 Å². The van der Waals surface area contributed by atoms with E-state index in [1.165, 1.54) is 0 Å². The Balaban J connectivity index is 3.14. The molecule has 1 atom stereocenters. The molecule has 1 aromatic carbocycles. The molecule has 0 aliphatic carbocycles. The summed E-state index contributed by atoms with van der Waals surface area (Å²) in [6.07, 6.45) is 1.27. The van der Waals surface area contributed by atoms with Crippen molar-refractivity contribution >= 4 is 26.0 Å². The highest BCUT2D eigenvalue weighted by Gasteiger charge is 2.25. The summed E-state index contributed by atoms with van der Waals surface area (Å²) in [6.45, 7) is 1.98. The van der Waals surface area contributed by atoms with E-state index in [1.807, 2.05) is 6.92 Å². The normalized spacial score (nSPS) is 13.5. The van der Waals surface area contributed by atoms with E-state index in [4.69, 9.17) is 5.73 Å². The number of hydrogen-bond acceptors (Lipinski definition) is 3. The van der Waals surface area contributed by atoms with Crippen LogP contribution < -0.4 is 10.5 Å². The van der Waals surface area contributed by atoms with Crippen molar-refractivity contribution in [3.63, 3.8) is 0 Å². The largest absolute Gasteiger partial charge is 0.329 e. The Morgan fingerprint density at radius 2 is 2.05 bits per heavy atom. The summed E-state index contributed by atoms with van der Waals surface area (Å²) in [5.41, 5.74) is 5.45. The van der Waals surface area contributed by atoms with Crippen LogP contribution in [0.2, 0.25) is 0 Å². The third kappa shape index (κ3) is 4.20. The maximum Gasteiger partial charge on any atom is 0.244 e. The zero-order chi connectivity index (χ0) is 14.6. The molecule has 0 aliphatic rings. The van der Waals surface area contributed by atoms with Gasteiger partial charge < -0.3 is 5.73 Å². The van der Waals surface area contributed by atoms with E-state index in [2.05, 4.69) is 20.7 Å². The molecular weight excluding hydrogens is 342 g/mol. The number of sulfonamides is 1. The molecule has 0 saturated carbocycles. The van der Waals surface area contributed by atoms with Gasteiger partial charge in [0.15, 0.2) is 0 Å². The van der Waals surface area contributed by atoms with Crippen LogP contribution in [0, 0.1) is 11.6 Å². The standard InChI is InChI=1S/C11H15BrF2N2O2S/c1-2-3-8(6-15)16-19(17,18)11-9(12)4-7(13)5-10(11)14/h4-5,8,16H,2-3,6,15H2,1H3. The second-order valence-electron chi connectivity index (χ2n) is 4.04. The van der Waals surface area contributed by atoms with Gasteiger partial charge in [0, 0.05) is 23.1 Å². The van der Waals surface area contributed by atoms with Crippen molar-refractivity contribution in [3.05, 3.63) is 28.2 Å². The highest BCUT2D eigenvalue weighted by atomic mass is 79.9. The highest BCUT2D eigenvalue weighted by Crippen LogP contribution is 2.26. The summed E-state index contributed by atoms with van der Waals surface area (Å²) in [6, 6.07) is 0.942. The number of nitrogens with one attached hydrogen (secondary N) is 1. The van der Waals surface area contributed by atoms with Crippen LogP contribution in [0.3, 0.4) is 0 Å². The van der Waals surface area contributed by atoms with E-state index in [0.29, 0.717) is 12.5 Å². The molecule has 0 saturated heterocycles. The summed E-state index contributed by atoms with van der Waals surface area (Å²) >= 11 is 2.85. The van der Waals surface area contributed by atoms with Crippen LogP contribution >= 0.6 is 15.9 Å². The molecule has 0 fully saturated rings. The van der Waals surface area contributed by atoms with Crippen molar-refractivity contribution in [3.8, 4) is 0 Å². The monoisotopic (exact) mass is 356 g/mol. The first-order valence-corrected chi connectivity index (χ1v) is 7.96. The minimum atomic E-state index is -4.09. The van der Waals surface area contributed by atoms with Crippen molar-refractivity contribution in [2.75, 3.05) is 6.54 Å². The second-order valence-corrected chi connectivity index (χ2v) is 6.55. The molecular formula is C11H15BrF2N2O2S. The number of benzene rings is 1. The number of halogens is 3. The van der Waals surface area contributed by atoms with Crippen molar-refractivity contribution in [1.82, 2.24) is 4.72 Å². The van der Waals surface area contributed by atoms with Gasteiger partial charge in [0.2, 0.25) is 10.0 Å². The first kappa shape index (κ1) is 16.5. The molecule has 0 aromatic heterocycles. The van der Waals surface area contributed by atoms with Crippen molar-refractivity contribution < 1.29 is 17.2 Å². The summed E-state index contributed by atoms with van der Waals surface area (Å²) in [4.78, 5) is -0.608. The van der Waals surface area contributed by atoms with Gasteiger partial charge in [-0.05, 0) is 28.4 Å². The first-order chi connectivity index (χ1) is 8.81.